The molecule has 0 aliphatic carbocycles. The summed E-state index contributed by atoms with van der Waals surface area (Å²) in [5.74, 6) is -0.00603. The van der Waals surface area contributed by atoms with Crippen molar-refractivity contribution >= 4 is 11.6 Å². The SMILES string of the molecule is NCCOc1ccccc1NC(=O)CCOCC(F)(F)F. The number of nitrogens with one attached hydrogen (secondary N) is 1. The molecule has 21 heavy (non-hydrogen) atoms. The molecule has 5 nitrogen and oxygen atoms in total. The second kappa shape index (κ2) is 8.48. The topological polar surface area (TPSA) is 73.6 Å². The summed E-state index contributed by atoms with van der Waals surface area (Å²) >= 11 is 0. The number of carbonyl (C=O) groups excluding carboxylic acids is 1. The fourth-order valence-corrected chi connectivity index (χ4v) is 1.43. The minimum Gasteiger partial charge on any atom is -0.490 e. The van der Waals surface area contributed by atoms with Crippen LogP contribution in [0.5, 0.6) is 5.75 Å². The van der Waals surface area contributed by atoms with Crippen LogP contribution in [-0.2, 0) is 9.53 Å². The fraction of sp³-hybridized carbons (Fsp3) is 0.462. The van der Waals surface area contributed by atoms with Crippen molar-refractivity contribution in [3.63, 3.8) is 0 Å². The Morgan fingerprint density at radius 3 is 2.62 bits per heavy atom. The van der Waals surface area contributed by atoms with Crippen molar-refractivity contribution in [2.24, 2.45) is 5.73 Å². The van der Waals surface area contributed by atoms with Gasteiger partial charge in [-0.3, -0.25) is 4.79 Å². The highest BCUT2D eigenvalue weighted by Gasteiger charge is 2.27. The maximum Gasteiger partial charge on any atom is 0.411 e. The molecule has 0 heterocycles. The van der Waals surface area contributed by atoms with Crippen molar-refractivity contribution in [1.82, 2.24) is 0 Å². The second-order valence-electron chi connectivity index (χ2n) is 4.10. The van der Waals surface area contributed by atoms with Crippen LogP contribution in [0, 0.1) is 0 Å². The lowest BCUT2D eigenvalue weighted by Crippen LogP contribution is -2.20. The van der Waals surface area contributed by atoms with Gasteiger partial charge in [-0.25, -0.2) is 0 Å². The molecule has 118 valence electrons. The van der Waals surface area contributed by atoms with Crippen LogP contribution < -0.4 is 15.8 Å². The van der Waals surface area contributed by atoms with Gasteiger partial charge in [0.15, 0.2) is 0 Å². The molecule has 0 unspecified atom stereocenters. The molecule has 0 aliphatic heterocycles. The van der Waals surface area contributed by atoms with E-state index in [9.17, 15) is 18.0 Å². The zero-order valence-corrected chi connectivity index (χ0v) is 11.3. The first-order chi connectivity index (χ1) is 9.92. The quantitative estimate of drug-likeness (QED) is 0.720. The molecule has 0 saturated heterocycles. The van der Waals surface area contributed by atoms with Crippen LogP contribution >= 0.6 is 0 Å². The van der Waals surface area contributed by atoms with E-state index in [-0.39, 0.29) is 13.0 Å². The molecular weight excluding hydrogens is 289 g/mol. The minimum atomic E-state index is -4.39. The Morgan fingerprint density at radius 2 is 1.95 bits per heavy atom. The van der Waals surface area contributed by atoms with Gasteiger partial charge in [0.05, 0.1) is 18.7 Å². The van der Waals surface area contributed by atoms with E-state index in [0.717, 1.165) is 0 Å². The first-order valence-electron chi connectivity index (χ1n) is 6.28. The summed E-state index contributed by atoms with van der Waals surface area (Å²) in [6.07, 6.45) is -4.57. The number of hydrogen-bond acceptors (Lipinski definition) is 4. The number of benzene rings is 1. The number of anilines is 1. The van der Waals surface area contributed by atoms with Crippen molar-refractivity contribution in [1.29, 1.82) is 0 Å². The summed E-state index contributed by atoms with van der Waals surface area (Å²) in [6, 6.07) is 6.71. The Bertz CT molecular complexity index is 453. The molecule has 3 N–H and O–H groups in total. The Balaban J connectivity index is 2.40. The second-order valence-corrected chi connectivity index (χ2v) is 4.10. The van der Waals surface area contributed by atoms with E-state index in [4.69, 9.17) is 10.5 Å². The van der Waals surface area contributed by atoms with E-state index in [1.807, 2.05) is 0 Å². The largest absolute Gasteiger partial charge is 0.490 e. The molecule has 1 aromatic rings. The molecule has 0 fully saturated rings. The highest BCUT2D eigenvalue weighted by atomic mass is 19.4. The van der Waals surface area contributed by atoms with Gasteiger partial charge in [0.25, 0.3) is 0 Å². The van der Waals surface area contributed by atoms with E-state index >= 15 is 0 Å². The third-order valence-corrected chi connectivity index (χ3v) is 2.28. The van der Waals surface area contributed by atoms with E-state index in [0.29, 0.717) is 24.6 Å². The molecule has 0 radical (unpaired) electrons. The molecule has 0 atom stereocenters. The number of amides is 1. The van der Waals surface area contributed by atoms with Gasteiger partial charge < -0.3 is 20.5 Å². The normalized spacial score (nSPS) is 11.2. The summed E-state index contributed by atoms with van der Waals surface area (Å²) in [7, 11) is 0. The summed E-state index contributed by atoms with van der Waals surface area (Å²) in [6.45, 7) is -1.05. The van der Waals surface area contributed by atoms with Crippen molar-refractivity contribution < 1.29 is 27.4 Å². The Kier molecular flexibility index (Phi) is 6.97. The Hall–Kier alpha value is -1.80. The summed E-state index contributed by atoms with van der Waals surface area (Å²) in [5, 5.41) is 2.55. The summed E-state index contributed by atoms with van der Waals surface area (Å²) in [5.41, 5.74) is 5.76. The van der Waals surface area contributed by atoms with Gasteiger partial charge in [0, 0.05) is 6.54 Å². The monoisotopic (exact) mass is 306 g/mol. The van der Waals surface area contributed by atoms with Crippen LogP contribution in [0.25, 0.3) is 0 Å². The predicted molar refractivity (Wildman–Crippen MR) is 71.1 cm³/mol. The molecule has 0 aliphatic rings. The van der Waals surface area contributed by atoms with Crippen LogP contribution in [0.1, 0.15) is 6.42 Å². The maximum absolute atomic E-state index is 11.8. The molecule has 0 aromatic heterocycles. The molecule has 8 heteroatoms. The number of alkyl halides is 3. The fourth-order valence-electron chi connectivity index (χ4n) is 1.43. The van der Waals surface area contributed by atoms with E-state index in [2.05, 4.69) is 10.1 Å². The number of carbonyl (C=O) groups is 1. The summed E-state index contributed by atoms with van der Waals surface area (Å²) < 4.78 is 45.2. The molecular formula is C13H17F3N2O3. The maximum atomic E-state index is 11.8. The van der Waals surface area contributed by atoms with Gasteiger partial charge in [-0.2, -0.15) is 13.2 Å². The Labute approximate surface area is 120 Å². The van der Waals surface area contributed by atoms with Crippen molar-refractivity contribution in [3.8, 4) is 5.75 Å². The zero-order valence-electron chi connectivity index (χ0n) is 11.3. The van der Waals surface area contributed by atoms with Gasteiger partial charge in [-0.15, -0.1) is 0 Å². The van der Waals surface area contributed by atoms with Crippen LogP contribution in [0.3, 0.4) is 0 Å². The van der Waals surface area contributed by atoms with Crippen LogP contribution in [0.4, 0.5) is 18.9 Å². The standard InChI is InChI=1S/C13H17F3N2O3/c14-13(15,16)9-20-7-5-12(19)18-10-3-1-2-4-11(10)21-8-6-17/h1-4H,5-9,17H2,(H,18,19). The third-order valence-electron chi connectivity index (χ3n) is 2.28. The molecule has 0 bridgehead atoms. The zero-order chi connectivity index (χ0) is 15.7. The highest BCUT2D eigenvalue weighted by molar-refractivity contribution is 5.92. The van der Waals surface area contributed by atoms with Gasteiger partial charge in [0.2, 0.25) is 5.91 Å². The average molecular weight is 306 g/mol. The van der Waals surface area contributed by atoms with Gasteiger partial charge in [-0.05, 0) is 12.1 Å². The molecule has 1 aromatic carbocycles. The smallest absolute Gasteiger partial charge is 0.411 e. The van der Waals surface area contributed by atoms with Gasteiger partial charge in [-0.1, -0.05) is 12.1 Å². The lowest BCUT2D eigenvalue weighted by atomic mass is 10.3. The molecule has 1 amide bonds. The number of nitrogens with two attached hydrogens (primary N) is 1. The molecule has 0 spiro atoms. The van der Waals surface area contributed by atoms with Gasteiger partial charge in [0.1, 0.15) is 19.0 Å². The van der Waals surface area contributed by atoms with Crippen LogP contribution in [0.2, 0.25) is 0 Å². The van der Waals surface area contributed by atoms with E-state index in [1.165, 1.54) is 0 Å². The number of rotatable bonds is 8. The predicted octanol–water partition coefficient (Wildman–Crippen LogP) is 1.93. The van der Waals surface area contributed by atoms with Crippen molar-refractivity contribution in [2.75, 3.05) is 31.7 Å². The number of ether oxygens (including phenoxy) is 2. The first kappa shape index (κ1) is 17.3. The molecule has 0 saturated carbocycles. The van der Waals surface area contributed by atoms with Gasteiger partial charge >= 0.3 is 6.18 Å². The number of hydrogen-bond donors (Lipinski definition) is 2. The number of halogens is 3. The van der Waals surface area contributed by atoms with E-state index < -0.39 is 18.7 Å². The lowest BCUT2D eigenvalue weighted by molar-refractivity contribution is -0.174. The summed E-state index contributed by atoms with van der Waals surface area (Å²) in [4.78, 5) is 11.6. The lowest BCUT2D eigenvalue weighted by Gasteiger charge is -2.12. The van der Waals surface area contributed by atoms with Crippen LogP contribution in [-0.4, -0.2) is 38.4 Å². The van der Waals surface area contributed by atoms with Crippen molar-refractivity contribution in [2.45, 2.75) is 12.6 Å². The van der Waals surface area contributed by atoms with Crippen LogP contribution in [0.15, 0.2) is 24.3 Å². The van der Waals surface area contributed by atoms with E-state index in [1.54, 1.807) is 24.3 Å². The minimum absolute atomic E-state index is 0.179. The molecule has 1 rings (SSSR count). The third kappa shape index (κ3) is 7.52. The highest BCUT2D eigenvalue weighted by Crippen LogP contribution is 2.23. The Morgan fingerprint density at radius 1 is 1.24 bits per heavy atom. The van der Waals surface area contributed by atoms with Crippen molar-refractivity contribution in [3.05, 3.63) is 24.3 Å². The first-order valence-corrected chi connectivity index (χ1v) is 6.28. The average Bonchev–Trinajstić information content (AvgIpc) is 2.42. The number of para-hydroxylation sites is 2.